The van der Waals surface area contributed by atoms with Crippen molar-refractivity contribution in [3.05, 3.63) is 0 Å². The molecule has 0 N–H and O–H groups in total. The largest absolute Gasteiger partial charge is 0.463 e. The number of carbonyl (C=O) groups is 2. The molecule has 0 aliphatic carbocycles. The summed E-state index contributed by atoms with van der Waals surface area (Å²) in [7, 11) is 1.52. The summed E-state index contributed by atoms with van der Waals surface area (Å²) < 4.78 is 20.0. The van der Waals surface area contributed by atoms with E-state index in [1.54, 1.807) is 0 Å². The summed E-state index contributed by atoms with van der Waals surface area (Å²) in [6, 6.07) is 0. The van der Waals surface area contributed by atoms with E-state index in [2.05, 4.69) is 6.92 Å². The van der Waals surface area contributed by atoms with Gasteiger partial charge in [-0.3, -0.25) is 9.59 Å². The number of ether oxygens (including phenoxy) is 4. The molecule has 1 unspecified atom stereocenters. The zero-order valence-corrected chi connectivity index (χ0v) is 12.7. The maximum absolute atomic E-state index is 11.4. The van der Waals surface area contributed by atoms with Gasteiger partial charge in [0.25, 0.3) is 0 Å². The first-order chi connectivity index (χ1) is 9.60. The number of unbranched alkanes of at least 4 members (excludes halogenated alkanes) is 1. The van der Waals surface area contributed by atoms with Crippen LogP contribution in [-0.2, 0) is 28.5 Å². The highest BCUT2D eigenvalue weighted by atomic mass is 16.6. The topological polar surface area (TPSA) is 71.1 Å². The van der Waals surface area contributed by atoms with Crippen LogP contribution in [0.25, 0.3) is 0 Å². The predicted octanol–water partition coefficient (Wildman–Crippen LogP) is 1.70. The van der Waals surface area contributed by atoms with Crippen molar-refractivity contribution >= 4 is 11.9 Å². The van der Waals surface area contributed by atoms with E-state index in [9.17, 15) is 9.59 Å². The molecular formula is C14H26O6. The summed E-state index contributed by atoms with van der Waals surface area (Å²) >= 11 is 0. The highest BCUT2D eigenvalue weighted by molar-refractivity contribution is 5.77. The van der Waals surface area contributed by atoms with Crippen LogP contribution in [-0.4, -0.2) is 51.6 Å². The van der Waals surface area contributed by atoms with Crippen molar-refractivity contribution in [2.75, 3.05) is 33.5 Å². The average molecular weight is 290 g/mol. The Labute approximate surface area is 120 Å². The van der Waals surface area contributed by atoms with Gasteiger partial charge in [-0.1, -0.05) is 13.3 Å². The minimum atomic E-state index is -0.425. The molecule has 0 aromatic carbocycles. The molecule has 0 aliphatic rings. The quantitative estimate of drug-likeness (QED) is 0.402. The molecule has 0 fully saturated rings. The smallest absolute Gasteiger partial charge is 0.306 e. The number of rotatable bonds is 12. The van der Waals surface area contributed by atoms with Crippen LogP contribution in [0.1, 0.15) is 39.5 Å². The second kappa shape index (κ2) is 12.9. The maximum atomic E-state index is 11.4. The molecule has 0 saturated heterocycles. The van der Waals surface area contributed by atoms with Gasteiger partial charge in [0.2, 0.25) is 0 Å². The van der Waals surface area contributed by atoms with Crippen LogP contribution in [0.4, 0.5) is 0 Å². The van der Waals surface area contributed by atoms with Crippen LogP contribution >= 0.6 is 0 Å². The van der Waals surface area contributed by atoms with E-state index in [0.29, 0.717) is 13.2 Å². The molecule has 0 heterocycles. The SMILES string of the molecule is CCCCOC(C)COC(=O)CCC(=O)OCCOC. The van der Waals surface area contributed by atoms with Gasteiger partial charge in [-0.25, -0.2) is 0 Å². The third kappa shape index (κ3) is 11.9. The second-order valence-electron chi connectivity index (χ2n) is 4.43. The van der Waals surface area contributed by atoms with Crippen LogP contribution < -0.4 is 0 Å². The van der Waals surface area contributed by atoms with Gasteiger partial charge in [0.05, 0.1) is 25.6 Å². The van der Waals surface area contributed by atoms with Gasteiger partial charge in [-0.2, -0.15) is 0 Å². The zero-order chi connectivity index (χ0) is 15.2. The van der Waals surface area contributed by atoms with Crippen molar-refractivity contribution in [2.45, 2.75) is 45.6 Å². The van der Waals surface area contributed by atoms with Gasteiger partial charge in [0, 0.05) is 13.7 Å². The van der Waals surface area contributed by atoms with E-state index in [-0.39, 0.29) is 32.2 Å². The lowest BCUT2D eigenvalue weighted by molar-refractivity contribution is -0.153. The molecule has 118 valence electrons. The van der Waals surface area contributed by atoms with Crippen LogP contribution in [0, 0.1) is 0 Å². The van der Waals surface area contributed by atoms with E-state index in [1.165, 1.54) is 7.11 Å². The van der Waals surface area contributed by atoms with Gasteiger partial charge in [-0.15, -0.1) is 0 Å². The van der Waals surface area contributed by atoms with Crippen molar-refractivity contribution in [3.8, 4) is 0 Å². The van der Waals surface area contributed by atoms with Crippen LogP contribution in [0.15, 0.2) is 0 Å². The summed E-state index contributed by atoms with van der Waals surface area (Å²) in [5.74, 6) is -0.842. The Kier molecular flexibility index (Phi) is 12.1. The van der Waals surface area contributed by atoms with Gasteiger partial charge in [0.1, 0.15) is 13.2 Å². The van der Waals surface area contributed by atoms with Gasteiger partial charge >= 0.3 is 11.9 Å². The lowest BCUT2D eigenvalue weighted by Crippen LogP contribution is -2.20. The summed E-state index contributed by atoms with van der Waals surface area (Å²) in [5.41, 5.74) is 0. The molecule has 1 atom stereocenters. The number of hydrogen-bond acceptors (Lipinski definition) is 6. The number of carbonyl (C=O) groups excluding carboxylic acids is 2. The fourth-order valence-corrected chi connectivity index (χ4v) is 1.27. The van der Waals surface area contributed by atoms with Crippen molar-refractivity contribution in [2.24, 2.45) is 0 Å². The summed E-state index contributed by atoms with van der Waals surface area (Å²) in [6.45, 7) is 5.36. The van der Waals surface area contributed by atoms with Crippen molar-refractivity contribution in [1.82, 2.24) is 0 Å². The summed E-state index contributed by atoms with van der Waals surface area (Å²) in [6.07, 6.45) is 1.98. The van der Waals surface area contributed by atoms with E-state index in [1.807, 2.05) is 6.92 Å². The Morgan fingerprint density at radius 1 is 1.00 bits per heavy atom. The molecule has 20 heavy (non-hydrogen) atoms. The maximum Gasteiger partial charge on any atom is 0.306 e. The molecule has 0 amide bonds. The molecule has 0 aliphatic heterocycles. The summed E-state index contributed by atoms with van der Waals surface area (Å²) in [5, 5.41) is 0. The zero-order valence-electron chi connectivity index (χ0n) is 12.7. The molecule has 0 spiro atoms. The fraction of sp³-hybridized carbons (Fsp3) is 0.857. The average Bonchev–Trinajstić information content (AvgIpc) is 2.43. The third-order valence-corrected chi connectivity index (χ3v) is 2.46. The Morgan fingerprint density at radius 2 is 1.65 bits per heavy atom. The van der Waals surface area contributed by atoms with E-state index in [4.69, 9.17) is 18.9 Å². The Bertz CT molecular complexity index is 266. The summed E-state index contributed by atoms with van der Waals surface area (Å²) in [4.78, 5) is 22.6. The molecule has 0 bridgehead atoms. The van der Waals surface area contributed by atoms with Gasteiger partial charge < -0.3 is 18.9 Å². The van der Waals surface area contributed by atoms with Crippen LogP contribution in [0.2, 0.25) is 0 Å². The number of esters is 2. The normalized spacial score (nSPS) is 11.9. The lowest BCUT2D eigenvalue weighted by atomic mass is 10.3. The van der Waals surface area contributed by atoms with Crippen LogP contribution in [0.3, 0.4) is 0 Å². The van der Waals surface area contributed by atoms with Crippen LogP contribution in [0.5, 0.6) is 0 Å². The van der Waals surface area contributed by atoms with E-state index >= 15 is 0 Å². The highest BCUT2D eigenvalue weighted by Crippen LogP contribution is 2.00. The Balaban J connectivity index is 3.55. The van der Waals surface area contributed by atoms with E-state index < -0.39 is 11.9 Å². The number of methoxy groups -OCH3 is 1. The fourth-order valence-electron chi connectivity index (χ4n) is 1.27. The minimum absolute atomic E-state index is 0.0213. The first-order valence-corrected chi connectivity index (χ1v) is 7.01. The number of hydrogen-bond donors (Lipinski definition) is 0. The molecule has 0 radical (unpaired) electrons. The molecule has 6 heteroatoms. The molecule has 6 nitrogen and oxygen atoms in total. The lowest BCUT2D eigenvalue weighted by Gasteiger charge is -2.13. The molecule has 0 aromatic rings. The highest BCUT2D eigenvalue weighted by Gasteiger charge is 2.11. The second-order valence-corrected chi connectivity index (χ2v) is 4.43. The molecule has 0 saturated carbocycles. The molecule has 0 rings (SSSR count). The van der Waals surface area contributed by atoms with Crippen molar-refractivity contribution < 1.29 is 28.5 Å². The monoisotopic (exact) mass is 290 g/mol. The Morgan fingerprint density at radius 3 is 2.25 bits per heavy atom. The molecule has 0 aromatic heterocycles. The molecular weight excluding hydrogens is 264 g/mol. The standard InChI is InChI=1S/C14H26O6/c1-4-5-8-18-12(2)11-20-14(16)7-6-13(15)19-10-9-17-3/h12H,4-11H2,1-3H3. The van der Waals surface area contributed by atoms with Gasteiger partial charge in [-0.05, 0) is 13.3 Å². The minimum Gasteiger partial charge on any atom is -0.463 e. The van der Waals surface area contributed by atoms with Gasteiger partial charge in [0.15, 0.2) is 0 Å². The third-order valence-electron chi connectivity index (χ3n) is 2.46. The first kappa shape index (κ1) is 18.9. The predicted molar refractivity (Wildman–Crippen MR) is 73.4 cm³/mol. The van der Waals surface area contributed by atoms with E-state index in [0.717, 1.165) is 12.8 Å². The van der Waals surface area contributed by atoms with Crippen molar-refractivity contribution in [1.29, 1.82) is 0 Å². The first-order valence-electron chi connectivity index (χ1n) is 7.01. The Hall–Kier alpha value is -1.14. The van der Waals surface area contributed by atoms with Crippen molar-refractivity contribution in [3.63, 3.8) is 0 Å².